The van der Waals surface area contributed by atoms with Crippen LogP contribution in [-0.4, -0.2) is 27.9 Å². The van der Waals surface area contributed by atoms with Gasteiger partial charge in [-0.25, -0.2) is 4.39 Å². The fourth-order valence-electron chi connectivity index (χ4n) is 1.70. The predicted molar refractivity (Wildman–Crippen MR) is 73.5 cm³/mol. The summed E-state index contributed by atoms with van der Waals surface area (Å²) in [6, 6.07) is 5.49. The van der Waals surface area contributed by atoms with Gasteiger partial charge in [0.25, 0.3) is 0 Å². The smallest absolute Gasteiger partial charge is 0.321 e. The predicted octanol–water partition coefficient (Wildman–Crippen LogP) is 2.02. The molecule has 0 radical (unpaired) electrons. The van der Waals surface area contributed by atoms with E-state index in [-0.39, 0.29) is 11.6 Å². The zero-order valence-electron chi connectivity index (χ0n) is 10.0. The molecule has 0 amide bonds. The van der Waals surface area contributed by atoms with E-state index < -0.39 is 12.0 Å². The molecule has 3 N–H and O–H groups in total. The lowest BCUT2D eigenvalue weighted by Gasteiger charge is -2.08. The Morgan fingerprint density at radius 3 is 3.05 bits per heavy atom. The Bertz CT molecular complexity index is 606. The molecule has 1 aromatic heterocycles. The summed E-state index contributed by atoms with van der Waals surface area (Å²) >= 11 is 1.35. The minimum Gasteiger partial charge on any atom is -0.480 e. The number of aromatic nitrogens is 1. The summed E-state index contributed by atoms with van der Waals surface area (Å²) in [5.74, 6) is -0.597. The summed E-state index contributed by atoms with van der Waals surface area (Å²) in [5, 5.41) is 9.42. The molecular formula is C13H13FN2O2S. The zero-order valence-corrected chi connectivity index (χ0v) is 10.9. The number of carboxylic acid groups (broad SMARTS) is 1. The Kier molecular flexibility index (Phi) is 4.34. The van der Waals surface area contributed by atoms with E-state index >= 15 is 0 Å². The molecule has 4 nitrogen and oxygen atoms in total. The number of nitrogens with two attached hydrogens (primary N) is 1. The van der Waals surface area contributed by atoms with Crippen molar-refractivity contribution in [2.24, 2.45) is 5.73 Å². The molecule has 0 unspecified atom stereocenters. The van der Waals surface area contributed by atoms with Crippen molar-refractivity contribution in [2.75, 3.05) is 5.75 Å². The average molecular weight is 280 g/mol. The van der Waals surface area contributed by atoms with Crippen LogP contribution in [0.2, 0.25) is 0 Å². The lowest BCUT2D eigenvalue weighted by molar-refractivity contribution is -0.137. The van der Waals surface area contributed by atoms with Gasteiger partial charge in [0, 0.05) is 23.1 Å². The van der Waals surface area contributed by atoms with Crippen LogP contribution in [0.5, 0.6) is 0 Å². The molecule has 2 aromatic rings. The van der Waals surface area contributed by atoms with Crippen LogP contribution >= 0.6 is 11.8 Å². The molecule has 1 atom stereocenters. The minimum atomic E-state index is -1.03. The maximum absolute atomic E-state index is 13.5. The first-order valence-electron chi connectivity index (χ1n) is 5.67. The Morgan fingerprint density at radius 2 is 2.32 bits per heavy atom. The molecule has 0 aliphatic rings. The molecule has 0 fully saturated rings. The third kappa shape index (κ3) is 3.42. The number of fused-ring (bicyclic) bond motifs is 1. The maximum atomic E-state index is 13.5. The molecular weight excluding hydrogens is 267 g/mol. The second-order valence-electron chi connectivity index (χ2n) is 4.10. The van der Waals surface area contributed by atoms with Crippen LogP contribution in [0.1, 0.15) is 5.56 Å². The molecule has 0 saturated carbocycles. The third-order valence-corrected chi connectivity index (χ3v) is 3.73. The van der Waals surface area contributed by atoms with Crippen molar-refractivity contribution in [3.8, 4) is 0 Å². The van der Waals surface area contributed by atoms with Gasteiger partial charge in [0.2, 0.25) is 0 Å². The number of halogens is 1. The summed E-state index contributed by atoms with van der Waals surface area (Å²) in [6.45, 7) is 0. The lowest BCUT2D eigenvalue weighted by Crippen LogP contribution is -2.32. The Labute approximate surface area is 113 Å². The average Bonchev–Trinajstić information content (AvgIpc) is 2.38. The summed E-state index contributed by atoms with van der Waals surface area (Å²) in [7, 11) is 0. The highest BCUT2D eigenvalue weighted by atomic mass is 32.2. The highest BCUT2D eigenvalue weighted by Gasteiger charge is 2.12. The molecule has 100 valence electrons. The van der Waals surface area contributed by atoms with Crippen molar-refractivity contribution in [2.45, 2.75) is 11.8 Å². The minimum absolute atomic E-state index is 0.278. The number of hydrogen-bond acceptors (Lipinski definition) is 4. The van der Waals surface area contributed by atoms with Crippen LogP contribution in [0.3, 0.4) is 0 Å². The number of aliphatic carboxylic acids is 1. The first-order chi connectivity index (χ1) is 9.08. The van der Waals surface area contributed by atoms with E-state index in [4.69, 9.17) is 10.8 Å². The van der Waals surface area contributed by atoms with Crippen LogP contribution in [0, 0.1) is 5.82 Å². The fourth-order valence-corrected chi connectivity index (χ4v) is 2.66. The van der Waals surface area contributed by atoms with E-state index in [1.54, 1.807) is 18.3 Å². The topological polar surface area (TPSA) is 76.2 Å². The molecule has 0 bridgehead atoms. The van der Waals surface area contributed by atoms with E-state index in [0.29, 0.717) is 5.75 Å². The zero-order chi connectivity index (χ0) is 13.8. The van der Waals surface area contributed by atoms with Crippen LogP contribution in [-0.2, 0) is 10.5 Å². The van der Waals surface area contributed by atoms with Gasteiger partial charge < -0.3 is 10.8 Å². The van der Waals surface area contributed by atoms with E-state index in [2.05, 4.69) is 4.98 Å². The van der Waals surface area contributed by atoms with E-state index in [0.717, 1.165) is 16.5 Å². The molecule has 2 rings (SSSR count). The van der Waals surface area contributed by atoms with Crippen molar-refractivity contribution in [1.82, 2.24) is 4.98 Å². The molecule has 19 heavy (non-hydrogen) atoms. The van der Waals surface area contributed by atoms with E-state index in [1.807, 2.05) is 0 Å². The first-order valence-corrected chi connectivity index (χ1v) is 6.82. The largest absolute Gasteiger partial charge is 0.480 e. The van der Waals surface area contributed by atoms with Gasteiger partial charge in [0.1, 0.15) is 11.9 Å². The van der Waals surface area contributed by atoms with Gasteiger partial charge in [-0.1, -0.05) is 6.07 Å². The Morgan fingerprint density at radius 1 is 1.53 bits per heavy atom. The van der Waals surface area contributed by atoms with Gasteiger partial charge in [0.05, 0.1) is 5.52 Å². The third-order valence-electron chi connectivity index (χ3n) is 2.62. The van der Waals surface area contributed by atoms with Gasteiger partial charge >= 0.3 is 5.97 Å². The van der Waals surface area contributed by atoms with Crippen LogP contribution < -0.4 is 5.73 Å². The number of thioether (sulfide) groups is 1. The molecule has 0 aliphatic heterocycles. The maximum Gasteiger partial charge on any atom is 0.321 e. The summed E-state index contributed by atoms with van der Waals surface area (Å²) in [4.78, 5) is 14.8. The number of carbonyl (C=O) groups is 1. The number of rotatable bonds is 5. The number of hydrogen-bond donors (Lipinski definition) is 2. The van der Waals surface area contributed by atoms with Crippen molar-refractivity contribution >= 4 is 28.6 Å². The van der Waals surface area contributed by atoms with Crippen LogP contribution in [0.15, 0.2) is 30.5 Å². The fraction of sp³-hybridized carbons (Fsp3) is 0.231. The van der Waals surface area contributed by atoms with Crippen molar-refractivity contribution in [3.63, 3.8) is 0 Å². The van der Waals surface area contributed by atoms with Gasteiger partial charge in [-0.05, 0) is 23.8 Å². The lowest BCUT2D eigenvalue weighted by atomic mass is 10.1. The number of pyridine rings is 1. The van der Waals surface area contributed by atoms with E-state index in [1.165, 1.54) is 23.9 Å². The van der Waals surface area contributed by atoms with Crippen molar-refractivity contribution in [1.29, 1.82) is 0 Å². The van der Waals surface area contributed by atoms with Crippen LogP contribution in [0.4, 0.5) is 4.39 Å². The normalized spacial score (nSPS) is 12.5. The van der Waals surface area contributed by atoms with Gasteiger partial charge in [0.15, 0.2) is 0 Å². The highest BCUT2D eigenvalue weighted by Crippen LogP contribution is 2.22. The quantitative estimate of drug-likeness (QED) is 0.876. The van der Waals surface area contributed by atoms with Gasteiger partial charge in [-0.15, -0.1) is 0 Å². The van der Waals surface area contributed by atoms with E-state index in [9.17, 15) is 9.18 Å². The summed E-state index contributed by atoms with van der Waals surface area (Å²) in [5.41, 5.74) is 6.90. The number of benzene rings is 1. The summed E-state index contributed by atoms with van der Waals surface area (Å²) in [6.07, 6.45) is 1.65. The van der Waals surface area contributed by atoms with Crippen molar-refractivity contribution < 1.29 is 14.3 Å². The van der Waals surface area contributed by atoms with Gasteiger partial charge in [-0.2, -0.15) is 11.8 Å². The molecule has 0 spiro atoms. The SMILES string of the molecule is N[C@@H](CSCc1cc(F)cc2cccnc12)C(=O)O. The molecule has 1 heterocycles. The monoisotopic (exact) mass is 280 g/mol. The molecule has 0 aliphatic carbocycles. The molecule has 0 saturated heterocycles. The van der Waals surface area contributed by atoms with Gasteiger partial charge in [-0.3, -0.25) is 9.78 Å². The molecule has 6 heteroatoms. The Balaban J connectivity index is 2.14. The standard InChI is InChI=1S/C13H13FN2O2S/c14-10-4-8-2-1-3-16-12(8)9(5-10)6-19-7-11(15)13(17)18/h1-5,11H,6-7,15H2,(H,17,18)/t11-/m0/s1. The van der Waals surface area contributed by atoms with Crippen molar-refractivity contribution in [3.05, 3.63) is 41.8 Å². The number of nitrogens with zero attached hydrogens (tertiary/aromatic N) is 1. The first kappa shape index (κ1) is 13.8. The Hall–Kier alpha value is -1.66. The number of carboxylic acids is 1. The van der Waals surface area contributed by atoms with Crippen LogP contribution in [0.25, 0.3) is 10.9 Å². The molecule has 1 aromatic carbocycles. The summed E-state index contributed by atoms with van der Waals surface area (Å²) < 4.78 is 13.5. The second kappa shape index (κ2) is 5.99. The highest BCUT2D eigenvalue weighted by molar-refractivity contribution is 7.98. The second-order valence-corrected chi connectivity index (χ2v) is 5.13.